The van der Waals surface area contributed by atoms with Crippen molar-refractivity contribution in [3.8, 4) is 6.08 Å². The minimum Gasteiger partial charge on any atom is -0.445 e. The van der Waals surface area contributed by atoms with E-state index in [1.54, 1.807) is 6.07 Å². The highest BCUT2D eigenvalue weighted by Gasteiger charge is 2.22. The molecule has 2 aromatic rings. The highest BCUT2D eigenvalue weighted by Crippen LogP contribution is 2.23. The number of aromatic nitrogens is 1. The van der Waals surface area contributed by atoms with Crippen molar-refractivity contribution < 1.29 is 13.5 Å². The average Bonchev–Trinajstić information content (AvgIpc) is 2.97. The Hall–Kier alpha value is -1.62. The van der Waals surface area contributed by atoms with Gasteiger partial charge in [0.2, 0.25) is 0 Å². The number of likely N-dealkylation sites (N-methyl/N-ethyl adjacent to an activating group) is 1. The molecule has 1 aliphatic rings. The second kappa shape index (κ2) is 6.02. The fourth-order valence-corrected chi connectivity index (χ4v) is 2.06. The summed E-state index contributed by atoms with van der Waals surface area (Å²) >= 11 is 0. The topological polar surface area (TPSA) is 38.5 Å². The van der Waals surface area contributed by atoms with Crippen LogP contribution in [0, 0.1) is 5.82 Å². The second-order valence-electron chi connectivity index (χ2n) is 4.38. The number of benzene rings is 1. The Labute approximate surface area is 112 Å². The molecule has 0 N–H and O–H groups in total. The van der Waals surface area contributed by atoms with E-state index in [4.69, 9.17) is 9.15 Å². The molecule has 1 aliphatic heterocycles. The number of hydrogen-bond donors (Lipinski definition) is 0. The van der Waals surface area contributed by atoms with Crippen molar-refractivity contribution in [2.45, 2.75) is 26.4 Å². The van der Waals surface area contributed by atoms with Crippen LogP contribution >= 0.6 is 0 Å². The van der Waals surface area contributed by atoms with Gasteiger partial charge in [-0.05, 0) is 25.6 Å². The van der Waals surface area contributed by atoms with Crippen molar-refractivity contribution in [2.75, 3.05) is 20.1 Å². The summed E-state index contributed by atoms with van der Waals surface area (Å²) in [6.45, 7) is 5.88. The van der Waals surface area contributed by atoms with Gasteiger partial charge in [0.15, 0.2) is 5.58 Å². The maximum absolute atomic E-state index is 13.0. The van der Waals surface area contributed by atoms with Crippen LogP contribution in [-0.4, -0.2) is 36.1 Å². The minimum absolute atomic E-state index is 0.109. The van der Waals surface area contributed by atoms with E-state index in [1.165, 1.54) is 12.1 Å². The average molecular weight is 266 g/mol. The number of oxazole rings is 1. The van der Waals surface area contributed by atoms with Crippen LogP contribution in [0.4, 0.5) is 4.39 Å². The van der Waals surface area contributed by atoms with Crippen LogP contribution in [0.5, 0.6) is 6.08 Å². The van der Waals surface area contributed by atoms with Gasteiger partial charge >= 0.3 is 6.08 Å². The molecule has 1 atom stereocenters. The predicted molar refractivity (Wildman–Crippen MR) is 71.8 cm³/mol. The van der Waals surface area contributed by atoms with E-state index in [2.05, 4.69) is 9.88 Å². The third kappa shape index (κ3) is 3.23. The van der Waals surface area contributed by atoms with E-state index >= 15 is 0 Å². The SMILES string of the molecule is CC.CN1CCC(Oc2nc3cc(F)ccc3o2)C1. The predicted octanol–water partition coefficient (Wildman–Crippen LogP) is 3.08. The van der Waals surface area contributed by atoms with Crippen molar-refractivity contribution in [1.82, 2.24) is 9.88 Å². The third-order valence-electron chi connectivity index (χ3n) is 2.95. The molecule has 0 bridgehead atoms. The molecule has 0 aliphatic carbocycles. The largest absolute Gasteiger partial charge is 0.445 e. The molecular weight excluding hydrogens is 247 g/mol. The molecule has 1 fully saturated rings. The van der Waals surface area contributed by atoms with Gasteiger partial charge in [-0.25, -0.2) is 4.39 Å². The van der Waals surface area contributed by atoms with E-state index in [0.29, 0.717) is 11.1 Å². The lowest BCUT2D eigenvalue weighted by molar-refractivity contribution is 0.157. The summed E-state index contributed by atoms with van der Waals surface area (Å²) in [7, 11) is 2.05. The molecule has 19 heavy (non-hydrogen) atoms. The molecule has 0 amide bonds. The lowest BCUT2D eigenvalue weighted by Gasteiger charge is -2.09. The molecule has 5 heteroatoms. The first-order valence-electron chi connectivity index (χ1n) is 6.62. The van der Waals surface area contributed by atoms with Crippen LogP contribution in [0.25, 0.3) is 11.1 Å². The summed E-state index contributed by atoms with van der Waals surface area (Å²) in [5.41, 5.74) is 1.04. The number of nitrogens with zero attached hydrogens (tertiary/aromatic N) is 2. The molecule has 0 saturated carbocycles. The van der Waals surface area contributed by atoms with Crippen molar-refractivity contribution in [2.24, 2.45) is 0 Å². The number of halogens is 1. The molecule has 104 valence electrons. The van der Waals surface area contributed by atoms with E-state index in [9.17, 15) is 4.39 Å². The summed E-state index contributed by atoms with van der Waals surface area (Å²) in [6.07, 6.45) is 1.30. The van der Waals surface area contributed by atoms with Gasteiger partial charge in [-0.1, -0.05) is 13.8 Å². The van der Waals surface area contributed by atoms with Crippen LogP contribution in [0.1, 0.15) is 20.3 Å². The maximum atomic E-state index is 13.0. The minimum atomic E-state index is -0.321. The Bertz CT molecular complexity index is 541. The van der Waals surface area contributed by atoms with Gasteiger partial charge in [0.1, 0.15) is 17.4 Å². The van der Waals surface area contributed by atoms with Crippen molar-refractivity contribution in [3.05, 3.63) is 24.0 Å². The Morgan fingerprint density at radius 2 is 2.21 bits per heavy atom. The summed E-state index contributed by atoms with van der Waals surface area (Å²) in [5, 5.41) is 0. The van der Waals surface area contributed by atoms with Crippen LogP contribution in [0.3, 0.4) is 0 Å². The Morgan fingerprint density at radius 1 is 1.42 bits per heavy atom. The Morgan fingerprint density at radius 3 is 2.89 bits per heavy atom. The van der Waals surface area contributed by atoms with Gasteiger partial charge in [-0.2, -0.15) is 4.98 Å². The first kappa shape index (κ1) is 13.8. The number of hydrogen-bond acceptors (Lipinski definition) is 4. The van der Waals surface area contributed by atoms with E-state index in [1.807, 2.05) is 20.9 Å². The van der Waals surface area contributed by atoms with Crippen LogP contribution < -0.4 is 4.74 Å². The van der Waals surface area contributed by atoms with Crippen LogP contribution in [0.2, 0.25) is 0 Å². The number of rotatable bonds is 2. The van der Waals surface area contributed by atoms with Crippen molar-refractivity contribution >= 4 is 11.1 Å². The summed E-state index contributed by atoms with van der Waals surface area (Å²) in [5.74, 6) is -0.321. The second-order valence-corrected chi connectivity index (χ2v) is 4.38. The van der Waals surface area contributed by atoms with Gasteiger partial charge < -0.3 is 14.1 Å². The smallest absolute Gasteiger partial charge is 0.394 e. The van der Waals surface area contributed by atoms with Crippen LogP contribution in [0.15, 0.2) is 22.6 Å². The zero-order chi connectivity index (χ0) is 13.8. The normalized spacial score (nSPS) is 19.3. The highest BCUT2D eigenvalue weighted by atomic mass is 19.1. The van der Waals surface area contributed by atoms with Gasteiger partial charge in [0.05, 0.1) is 0 Å². The number of likely N-dealkylation sites (tertiary alicyclic amines) is 1. The fourth-order valence-electron chi connectivity index (χ4n) is 2.06. The van der Waals surface area contributed by atoms with Gasteiger partial charge in [-0.3, -0.25) is 0 Å². The monoisotopic (exact) mass is 266 g/mol. The Balaban J connectivity index is 0.000000637. The number of fused-ring (bicyclic) bond motifs is 1. The summed E-state index contributed by atoms with van der Waals surface area (Å²) < 4.78 is 24.0. The molecule has 1 unspecified atom stereocenters. The van der Waals surface area contributed by atoms with E-state index in [0.717, 1.165) is 19.5 Å². The zero-order valence-corrected chi connectivity index (χ0v) is 11.5. The first-order valence-corrected chi connectivity index (χ1v) is 6.62. The van der Waals surface area contributed by atoms with Gasteiger partial charge in [-0.15, -0.1) is 0 Å². The molecule has 3 rings (SSSR count). The number of ether oxygens (including phenoxy) is 1. The zero-order valence-electron chi connectivity index (χ0n) is 11.5. The molecule has 2 heterocycles. The van der Waals surface area contributed by atoms with Crippen LogP contribution in [-0.2, 0) is 0 Å². The molecule has 0 radical (unpaired) electrons. The van der Waals surface area contributed by atoms with Crippen molar-refractivity contribution in [1.29, 1.82) is 0 Å². The van der Waals surface area contributed by atoms with Gasteiger partial charge in [0.25, 0.3) is 0 Å². The van der Waals surface area contributed by atoms with Gasteiger partial charge in [0, 0.05) is 19.2 Å². The molecule has 1 saturated heterocycles. The lowest BCUT2D eigenvalue weighted by Crippen LogP contribution is -2.21. The maximum Gasteiger partial charge on any atom is 0.394 e. The lowest BCUT2D eigenvalue weighted by atomic mass is 10.3. The quantitative estimate of drug-likeness (QED) is 0.837. The molecule has 4 nitrogen and oxygen atoms in total. The Kier molecular flexibility index (Phi) is 4.37. The summed E-state index contributed by atoms with van der Waals surface area (Å²) in [6, 6.07) is 4.25. The van der Waals surface area contributed by atoms with E-state index < -0.39 is 0 Å². The highest BCUT2D eigenvalue weighted by molar-refractivity contribution is 5.72. The standard InChI is InChI=1S/C12H13FN2O2.C2H6/c1-15-5-4-9(7-15)16-12-14-10-6-8(13)2-3-11(10)17-12;1-2/h2-3,6,9H,4-5,7H2,1H3;1-2H3. The molecular formula is C14H19FN2O2. The van der Waals surface area contributed by atoms with Crippen molar-refractivity contribution in [3.63, 3.8) is 0 Å². The third-order valence-corrected chi connectivity index (χ3v) is 2.95. The first-order chi connectivity index (χ1) is 9.20. The molecule has 0 spiro atoms. The molecule has 1 aromatic carbocycles. The summed E-state index contributed by atoms with van der Waals surface area (Å²) in [4.78, 5) is 6.30. The fraction of sp³-hybridized carbons (Fsp3) is 0.500. The van der Waals surface area contributed by atoms with E-state index in [-0.39, 0.29) is 18.0 Å². The molecule has 1 aromatic heterocycles.